The largest absolute Gasteiger partial charge is 0.392 e. The normalized spacial score (nSPS) is 21.4. The van der Waals surface area contributed by atoms with Gasteiger partial charge in [0.05, 0.1) is 22.7 Å². The van der Waals surface area contributed by atoms with Gasteiger partial charge in [-0.05, 0) is 49.6 Å². The molecule has 0 bridgehead atoms. The van der Waals surface area contributed by atoms with Crippen molar-refractivity contribution in [1.82, 2.24) is 4.31 Å². The standard InChI is InChI=1S/C19H22N2O3S2/c1-13(26(23,24)21-10-4-5-15(22)12-21)14-8-9-19-17(11-14)20-16-6-2-3-7-18(16)25-19/h2-3,6-9,11,13,15,20,22H,4-5,10,12H2,1H3. The van der Waals surface area contributed by atoms with Gasteiger partial charge in [-0.25, -0.2) is 8.42 Å². The molecule has 2 aliphatic heterocycles. The molecule has 2 heterocycles. The molecular weight excluding hydrogens is 368 g/mol. The van der Waals surface area contributed by atoms with E-state index in [0.717, 1.165) is 26.7 Å². The van der Waals surface area contributed by atoms with Crippen molar-refractivity contribution in [2.75, 3.05) is 18.4 Å². The molecule has 26 heavy (non-hydrogen) atoms. The topological polar surface area (TPSA) is 69.6 Å². The minimum absolute atomic E-state index is 0.194. The highest BCUT2D eigenvalue weighted by atomic mass is 32.2. The van der Waals surface area contributed by atoms with Crippen molar-refractivity contribution in [3.63, 3.8) is 0 Å². The van der Waals surface area contributed by atoms with Gasteiger partial charge in [0.25, 0.3) is 0 Å². The number of sulfonamides is 1. The van der Waals surface area contributed by atoms with Crippen LogP contribution < -0.4 is 5.32 Å². The van der Waals surface area contributed by atoms with Gasteiger partial charge in [0.1, 0.15) is 0 Å². The molecule has 1 fully saturated rings. The predicted molar refractivity (Wildman–Crippen MR) is 104 cm³/mol. The Morgan fingerprint density at radius 1 is 1.19 bits per heavy atom. The fourth-order valence-corrected chi connectivity index (χ4v) is 6.13. The fourth-order valence-electron chi connectivity index (χ4n) is 3.46. The van der Waals surface area contributed by atoms with Crippen molar-refractivity contribution < 1.29 is 13.5 Å². The molecule has 1 saturated heterocycles. The maximum absolute atomic E-state index is 13.0. The van der Waals surface area contributed by atoms with Gasteiger partial charge >= 0.3 is 0 Å². The summed E-state index contributed by atoms with van der Waals surface area (Å²) < 4.78 is 27.4. The number of para-hydroxylation sites is 1. The average Bonchev–Trinajstić information content (AvgIpc) is 2.65. The lowest BCUT2D eigenvalue weighted by atomic mass is 10.1. The number of rotatable bonds is 3. The first-order chi connectivity index (χ1) is 12.4. The van der Waals surface area contributed by atoms with E-state index in [1.54, 1.807) is 18.7 Å². The Morgan fingerprint density at radius 2 is 1.96 bits per heavy atom. The third-order valence-electron chi connectivity index (χ3n) is 5.02. The molecule has 2 unspecified atom stereocenters. The number of aliphatic hydroxyl groups is 1. The molecule has 2 aromatic carbocycles. The SMILES string of the molecule is CC(c1ccc2c(c1)Nc1ccccc1S2)S(=O)(=O)N1CCCC(O)C1. The molecule has 0 radical (unpaired) electrons. The number of anilines is 2. The predicted octanol–water partition coefficient (Wildman–Crippen LogP) is 3.74. The van der Waals surface area contributed by atoms with Crippen molar-refractivity contribution >= 4 is 33.2 Å². The molecule has 7 heteroatoms. The number of aliphatic hydroxyl groups excluding tert-OH is 1. The quantitative estimate of drug-likeness (QED) is 0.713. The molecule has 0 aliphatic carbocycles. The van der Waals surface area contributed by atoms with Crippen LogP contribution in [-0.2, 0) is 10.0 Å². The van der Waals surface area contributed by atoms with Crippen molar-refractivity contribution in [1.29, 1.82) is 0 Å². The first-order valence-corrected chi connectivity index (χ1v) is 11.1. The van der Waals surface area contributed by atoms with Gasteiger partial charge in [-0.15, -0.1) is 0 Å². The summed E-state index contributed by atoms with van der Waals surface area (Å²) in [7, 11) is -3.50. The van der Waals surface area contributed by atoms with Crippen LogP contribution >= 0.6 is 11.8 Å². The number of nitrogens with zero attached hydrogens (tertiary/aromatic N) is 1. The Labute approximate surface area is 158 Å². The van der Waals surface area contributed by atoms with Gasteiger partial charge in [-0.1, -0.05) is 30.0 Å². The van der Waals surface area contributed by atoms with E-state index in [1.165, 1.54) is 4.31 Å². The van der Waals surface area contributed by atoms with E-state index in [9.17, 15) is 13.5 Å². The van der Waals surface area contributed by atoms with Crippen LogP contribution in [0.25, 0.3) is 0 Å². The average molecular weight is 391 g/mol. The lowest BCUT2D eigenvalue weighted by Crippen LogP contribution is -2.43. The Morgan fingerprint density at radius 3 is 2.77 bits per heavy atom. The number of benzene rings is 2. The maximum atomic E-state index is 13.0. The monoisotopic (exact) mass is 390 g/mol. The van der Waals surface area contributed by atoms with E-state index in [2.05, 4.69) is 11.4 Å². The van der Waals surface area contributed by atoms with Gasteiger partial charge in [0.15, 0.2) is 0 Å². The van der Waals surface area contributed by atoms with E-state index in [1.807, 2.05) is 36.4 Å². The van der Waals surface area contributed by atoms with Crippen LogP contribution in [0.2, 0.25) is 0 Å². The molecule has 5 nitrogen and oxygen atoms in total. The van der Waals surface area contributed by atoms with Crippen molar-refractivity contribution in [3.05, 3.63) is 48.0 Å². The number of nitrogens with one attached hydrogen (secondary N) is 1. The fraction of sp³-hybridized carbons (Fsp3) is 0.368. The smallest absolute Gasteiger partial charge is 0.220 e. The zero-order valence-electron chi connectivity index (χ0n) is 14.6. The molecule has 138 valence electrons. The van der Waals surface area contributed by atoms with Crippen LogP contribution in [0.5, 0.6) is 0 Å². The summed E-state index contributed by atoms with van der Waals surface area (Å²) in [5.41, 5.74) is 2.74. The van der Waals surface area contributed by atoms with E-state index < -0.39 is 21.4 Å². The summed E-state index contributed by atoms with van der Waals surface area (Å²) in [6.45, 7) is 2.40. The first-order valence-electron chi connectivity index (χ1n) is 8.80. The zero-order chi connectivity index (χ0) is 18.3. The molecule has 0 saturated carbocycles. The molecule has 2 atom stereocenters. The highest BCUT2D eigenvalue weighted by Crippen LogP contribution is 2.45. The second-order valence-corrected chi connectivity index (χ2v) is 10.2. The Kier molecular flexibility index (Phi) is 4.73. The van der Waals surface area contributed by atoms with Gasteiger partial charge in [-0.2, -0.15) is 4.31 Å². The number of hydrogen-bond donors (Lipinski definition) is 2. The zero-order valence-corrected chi connectivity index (χ0v) is 16.2. The number of β-amino-alcohol motifs (C(OH)–C–C–N with tert-alkyl or cyclic N) is 1. The van der Waals surface area contributed by atoms with E-state index in [-0.39, 0.29) is 6.54 Å². The summed E-state index contributed by atoms with van der Waals surface area (Å²) in [6, 6.07) is 13.9. The highest BCUT2D eigenvalue weighted by Gasteiger charge is 2.33. The third kappa shape index (κ3) is 3.24. The molecule has 0 spiro atoms. The molecular formula is C19H22N2O3S2. The van der Waals surface area contributed by atoms with Crippen LogP contribution in [0.1, 0.15) is 30.6 Å². The van der Waals surface area contributed by atoms with Crippen molar-refractivity contribution in [3.8, 4) is 0 Å². The second kappa shape index (κ2) is 6.88. The molecule has 4 rings (SSSR count). The van der Waals surface area contributed by atoms with Gasteiger partial charge in [-0.3, -0.25) is 0 Å². The van der Waals surface area contributed by atoms with Crippen LogP contribution in [0, 0.1) is 0 Å². The summed E-state index contributed by atoms with van der Waals surface area (Å²) in [5, 5.41) is 12.6. The lowest BCUT2D eigenvalue weighted by molar-refractivity contribution is 0.107. The Balaban J connectivity index is 1.61. The van der Waals surface area contributed by atoms with E-state index in [4.69, 9.17) is 0 Å². The number of piperidine rings is 1. The minimum atomic E-state index is -3.50. The van der Waals surface area contributed by atoms with Crippen LogP contribution in [-0.4, -0.2) is 37.0 Å². The molecule has 0 aromatic heterocycles. The summed E-state index contributed by atoms with van der Waals surface area (Å²) in [4.78, 5) is 2.25. The molecule has 0 amide bonds. The van der Waals surface area contributed by atoms with Crippen LogP contribution in [0.15, 0.2) is 52.3 Å². The maximum Gasteiger partial charge on any atom is 0.220 e. The number of fused-ring (bicyclic) bond motifs is 2. The van der Waals surface area contributed by atoms with E-state index in [0.29, 0.717) is 19.4 Å². The summed E-state index contributed by atoms with van der Waals surface area (Å²) in [6.07, 6.45) is 0.801. The molecule has 2 N–H and O–H groups in total. The van der Waals surface area contributed by atoms with Gasteiger partial charge < -0.3 is 10.4 Å². The van der Waals surface area contributed by atoms with Crippen LogP contribution in [0.3, 0.4) is 0 Å². The minimum Gasteiger partial charge on any atom is -0.392 e. The molecule has 2 aromatic rings. The highest BCUT2D eigenvalue weighted by molar-refractivity contribution is 7.99. The van der Waals surface area contributed by atoms with E-state index >= 15 is 0 Å². The van der Waals surface area contributed by atoms with Gasteiger partial charge in [0.2, 0.25) is 10.0 Å². The Hall–Kier alpha value is -1.54. The van der Waals surface area contributed by atoms with Crippen molar-refractivity contribution in [2.45, 2.75) is 40.9 Å². The summed E-state index contributed by atoms with van der Waals surface area (Å²) in [5.74, 6) is 0. The number of hydrogen-bond acceptors (Lipinski definition) is 5. The summed E-state index contributed by atoms with van der Waals surface area (Å²) >= 11 is 1.68. The van der Waals surface area contributed by atoms with Crippen molar-refractivity contribution in [2.24, 2.45) is 0 Å². The third-order valence-corrected chi connectivity index (χ3v) is 8.38. The van der Waals surface area contributed by atoms with Gasteiger partial charge in [0, 0.05) is 22.9 Å². The molecule has 2 aliphatic rings. The second-order valence-electron chi connectivity index (χ2n) is 6.82. The Bertz CT molecular complexity index is 930. The lowest BCUT2D eigenvalue weighted by Gasteiger charge is -2.32. The van der Waals surface area contributed by atoms with Crippen LogP contribution in [0.4, 0.5) is 11.4 Å². The first kappa shape index (κ1) is 17.9.